The largest absolute Gasteiger partial charge is 0.486 e. The number of nitrogens with one attached hydrogen (secondary N) is 1. The first-order valence-electron chi connectivity index (χ1n) is 7.46. The number of carbonyl (C=O) groups is 1. The zero-order valence-electron chi connectivity index (χ0n) is 12.4. The molecule has 0 aliphatic carbocycles. The Kier molecular flexibility index (Phi) is 3.76. The Morgan fingerprint density at radius 3 is 2.76 bits per heavy atom. The van der Waals surface area contributed by atoms with Crippen LogP contribution in [0.5, 0.6) is 11.5 Å². The van der Waals surface area contributed by atoms with Crippen molar-refractivity contribution in [2.45, 2.75) is 32.2 Å². The van der Waals surface area contributed by atoms with Crippen molar-refractivity contribution < 1.29 is 19.4 Å². The number of rotatable bonds is 3. The molecule has 5 nitrogen and oxygen atoms in total. The van der Waals surface area contributed by atoms with Crippen LogP contribution in [-0.2, 0) is 4.79 Å². The second-order valence-electron chi connectivity index (χ2n) is 5.98. The van der Waals surface area contributed by atoms with E-state index in [2.05, 4.69) is 19.2 Å². The third kappa shape index (κ3) is 2.58. The zero-order valence-corrected chi connectivity index (χ0v) is 12.4. The van der Waals surface area contributed by atoms with Gasteiger partial charge < -0.3 is 19.9 Å². The Hall–Kier alpha value is -1.75. The lowest BCUT2D eigenvalue weighted by Gasteiger charge is -2.27. The van der Waals surface area contributed by atoms with Crippen molar-refractivity contribution in [1.82, 2.24) is 5.32 Å². The van der Waals surface area contributed by atoms with Crippen LogP contribution in [0.4, 0.5) is 0 Å². The fourth-order valence-electron chi connectivity index (χ4n) is 3.21. The Morgan fingerprint density at radius 1 is 1.33 bits per heavy atom. The number of carboxylic acids is 1. The van der Waals surface area contributed by atoms with Crippen LogP contribution < -0.4 is 14.8 Å². The van der Waals surface area contributed by atoms with Crippen molar-refractivity contribution in [3.63, 3.8) is 0 Å². The van der Waals surface area contributed by atoms with Crippen molar-refractivity contribution in [3.05, 3.63) is 23.3 Å². The van der Waals surface area contributed by atoms with E-state index >= 15 is 0 Å². The quantitative estimate of drug-likeness (QED) is 0.894. The molecule has 114 valence electrons. The maximum Gasteiger partial charge on any atom is 0.307 e. The van der Waals surface area contributed by atoms with E-state index in [9.17, 15) is 4.79 Å². The molecule has 0 radical (unpaired) electrons. The summed E-state index contributed by atoms with van der Waals surface area (Å²) in [6.07, 6.45) is 0.620. The molecule has 1 saturated heterocycles. The second kappa shape index (κ2) is 5.56. The monoisotopic (exact) mass is 291 g/mol. The van der Waals surface area contributed by atoms with Gasteiger partial charge in [-0.3, -0.25) is 4.79 Å². The molecular formula is C16H21NO4. The number of benzene rings is 1. The van der Waals surface area contributed by atoms with E-state index in [1.807, 2.05) is 12.1 Å². The molecule has 2 N–H and O–H groups in total. The Morgan fingerprint density at radius 2 is 2.10 bits per heavy atom. The highest BCUT2D eigenvalue weighted by Crippen LogP contribution is 2.43. The van der Waals surface area contributed by atoms with E-state index in [0.717, 1.165) is 22.6 Å². The van der Waals surface area contributed by atoms with Gasteiger partial charge in [0.05, 0.1) is 5.92 Å². The molecule has 0 spiro atoms. The minimum absolute atomic E-state index is 0.0688. The van der Waals surface area contributed by atoms with Crippen LogP contribution in [0.25, 0.3) is 0 Å². The maximum atomic E-state index is 11.1. The van der Waals surface area contributed by atoms with Crippen molar-refractivity contribution in [2.75, 3.05) is 19.8 Å². The number of carboxylic acid groups (broad SMARTS) is 1. The molecule has 1 aromatic carbocycles. The Labute approximate surface area is 124 Å². The number of aliphatic carboxylic acids is 1. The summed E-state index contributed by atoms with van der Waals surface area (Å²) in [5, 5.41) is 12.5. The van der Waals surface area contributed by atoms with Crippen LogP contribution in [0.3, 0.4) is 0 Å². The van der Waals surface area contributed by atoms with Crippen LogP contribution in [0.1, 0.15) is 43.4 Å². The maximum absolute atomic E-state index is 11.1. The van der Waals surface area contributed by atoms with E-state index in [4.69, 9.17) is 14.6 Å². The Bertz CT molecular complexity index is 555. The predicted molar refractivity (Wildman–Crippen MR) is 78.0 cm³/mol. The van der Waals surface area contributed by atoms with Crippen LogP contribution in [0.2, 0.25) is 0 Å². The third-order valence-electron chi connectivity index (χ3n) is 4.21. The summed E-state index contributed by atoms with van der Waals surface area (Å²) in [5.41, 5.74) is 2.27. The first kappa shape index (κ1) is 14.2. The van der Waals surface area contributed by atoms with E-state index in [0.29, 0.717) is 32.1 Å². The molecule has 2 aliphatic heterocycles. The minimum atomic E-state index is -0.728. The zero-order chi connectivity index (χ0) is 15.0. The standard InChI is InChI=1S/C16H21NO4/c1-9(2)14-11(12-7-10(8-17-12)16(18)19)3-4-13-15(14)21-6-5-20-13/h3-4,9-10,12,17H,5-8H2,1-2H3,(H,18,19). The minimum Gasteiger partial charge on any atom is -0.486 e. The van der Waals surface area contributed by atoms with Gasteiger partial charge in [0.25, 0.3) is 0 Å². The van der Waals surface area contributed by atoms with E-state index in [-0.39, 0.29) is 12.0 Å². The summed E-state index contributed by atoms with van der Waals surface area (Å²) in [7, 11) is 0. The smallest absolute Gasteiger partial charge is 0.307 e. The SMILES string of the molecule is CC(C)c1c(C2CC(C(=O)O)CN2)ccc2c1OCCO2. The van der Waals surface area contributed by atoms with Gasteiger partial charge in [0.15, 0.2) is 11.5 Å². The lowest BCUT2D eigenvalue weighted by atomic mass is 9.89. The molecule has 21 heavy (non-hydrogen) atoms. The topological polar surface area (TPSA) is 67.8 Å². The number of hydrogen-bond acceptors (Lipinski definition) is 4. The molecule has 0 aromatic heterocycles. The average molecular weight is 291 g/mol. The van der Waals surface area contributed by atoms with E-state index < -0.39 is 5.97 Å². The molecule has 0 bridgehead atoms. The summed E-state index contributed by atoms with van der Waals surface area (Å²) < 4.78 is 11.5. The highest BCUT2D eigenvalue weighted by atomic mass is 16.6. The highest BCUT2D eigenvalue weighted by molar-refractivity contribution is 5.71. The molecular weight excluding hydrogens is 270 g/mol. The molecule has 2 heterocycles. The van der Waals surface area contributed by atoms with Crippen LogP contribution in [0, 0.1) is 5.92 Å². The number of hydrogen-bond donors (Lipinski definition) is 2. The van der Waals surface area contributed by atoms with Gasteiger partial charge in [-0.1, -0.05) is 19.9 Å². The van der Waals surface area contributed by atoms with Crippen LogP contribution in [0.15, 0.2) is 12.1 Å². The van der Waals surface area contributed by atoms with E-state index in [1.54, 1.807) is 0 Å². The van der Waals surface area contributed by atoms with Gasteiger partial charge in [-0.15, -0.1) is 0 Å². The summed E-state index contributed by atoms with van der Waals surface area (Å²) in [6, 6.07) is 4.05. The molecule has 3 rings (SSSR count). The summed E-state index contributed by atoms with van der Waals surface area (Å²) in [6.45, 7) is 5.91. The lowest BCUT2D eigenvalue weighted by Crippen LogP contribution is -2.20. The fourth-order valence-corrected chi connectivity index (χ4v) is 3.21. The number of ether oxygens (including phenoxy) is 2. The van der Waals surface area contributed by atoms with Gasteiger partial charge in [0.2, 0.25) is 0 Å². The van der Waals surface area contributed by atoms with Crippen molar-refractivity contribution in [1.29, 1.82) is 0 Å². The van der Waals surface area contributed by atoms with Crippen LogP contribution in [-0.4, -0.2) is 30.8 Å². The second-order valence-corrected chi connectivity index (χ2v) is 5.98. The molecule has 1 fully saturated rings. The average Bonchev–Trinajstić information content (AvgIpc) is 2.95. The lowest BCUT2D eigenvalue weighted by molar-refractivity contribution is -0.141. The predicted octanol–water partition coefficient (Wildman–Crippen LogP) is 2.32. The highest BCUT2D eigenvalue weighted by Gasteiger charge is 2.33. The van der Waals surface area contributed by atoms with Gasteiger partial charge in [0, 0.05) is 18.2 Å². The summed E-state index contributed by atoms with van der Waals surface area (Å²) >= 11 is 0. The third-order valence-corrected chi connectivity index (χ3v) is 4.21. The Balaban J connectivity index is 1.97. The first-order valence-corrected chi connectivity index (χ1v) is 7.46. The summed E-state index contributed by atoms with van der Waals surface area (Å²) in [5.74, 6) is 0.870. The first-order chi connectivity index (χ1) is 10.1. The molecule has 5 heteroatoms. The molecule has 2 aliphatic rings. The van der Waals surface area contributed by atoms with Gasteiger partial charge in [-0.05, 0) is 24.0 Å². The van der Waals surface area contributed by atoms with Gasteiger partial charge >= 0.3 is 5.97 Å². The van der Waals surface area contributed by atoms with Gasteiger partial charge in [-0.2, -0.15) is 0 Å². The molecule has 0 saturated carbocycles. The van der Waals surface area contributed by atoms with Crippen molar-refractivity contribution in [3.8, 4) is 11.5 Å². The van der Waals surface area contributed by atoms with E-state index in [1.165, 1.54) is 0 Å². The van der Waals surface area contributed by atoms with Gasteiger partial charge in [0.1, 0.15) is 13.2 Å². The molecule has 2 unspecified atom stereocenters. The van der Waals surface area contributed by atoms with Gasteiger partial charge in [-0.25, -0.2) is 0 Å². The van der Waals surface area contributed by atoms with Crippen molar-refractivity contribution >= 4 is 5.97 Å². The summed E-state index contributed by atoms with van der Waals surface area (Å²) in [4.78, 5) is 11.1. The number of fused-ring (bicyclic) bond motifs is 1. The molecule has 1 aromatic rings. The molecule has 0 amide bonds. The van der Waals surface area contributed by atoms with Crippen LogP contribution >= 0.6 is 0 Å². The normalized spacial score (nSPS) is 24.3. The molecule has 2 atom stereocenters. The fraction of sp³-hybridized carbons (Fsp3) is 0.562. The van der Waals surface area contributed by atoms with Crippen molar-refractivity contribution in [2.24, 2.45) is 5.92 Å².